The predicted molar refractivity (Wildman–Crippen MR) is 81.8 cm³/mol. The van der Waals surface area contributed by atoms with Gasteiger partial charge in [-0.3, -0.25) is 9.59 Å². The molecule has 0 aromatic carbocycles. The molecule has 1 aromatic heterocycles. The highest BCUT2D eigenvalue weighted by molar-refractivity contribution is 5.90. The molecule has 1 rings (SSSR count). The Morgan fingerprint density at radius 3 is 2.70 bits per heavy atom. The van der Waals surface area contributed by atoms with Crippen molar-refractivity contribution >= 4 is 11.6 Å². The summed E-state index contributed by atoms with van der Waals surface area (Å²) in [6.45, 7) is 3.39. The molecule has 1 aromatic rings. The normalized spacial score (nSPS) is 10.5. The van der Waals surface area contributed by atoms with Crippen molar-refractivity contribution in [3.05, 3.63) is 28.7 Å². The van der Waals surface area contributed by atoms with Crippen LogP contribution in [0, 0.1) is 0 Å². The lowest BCUT2D eigenvalue weighted by atomic mass is 10.1. The predicted octanol–water partition coefficient (Wildman–Crippen LogP) is 2.11. The van der Waals surface area contributed by atoms with E-state index < -0.39 is 0 Å². The summed E-state index contributed by atoms with van der Waals surface area (Å²) in [5.41, 5.74) is 6.07. The lowest BCUT2D eigenvalue weighted by Crippen LogP contribution is -2.20. The first kappa shape index (κ1) is 16.4. The zero-order chi connectivity index (χ0) is 14.8. The molecular weight excluding hydrogens is 254 g/mol. The molecule has 0 bridgehead atoms. The number of carbonyl (C=O) groups is 1. The van der Waals surface area contributed by atoms with Crippen molar-refractivity contribution in [1.82, 2.24) is 4.57 Å². The monoisotopic (exact) mass is 279 g/mol. The van der Waals surface area contributed by atoms with E-state index in [-0.39, 0.29) is 11.5 Å². The molecule has 20 heavy (non-hydrogen) atoms. The molecule has 5 heteroatoms. The van der Waals surface area contributed by atoms with Crippen LogP contribution in [-0.4, -0.2) is 17.0 Å². The Balaban J connectivity index is 2.41. The summed E-state index contributed by atoms with van der Waals surface area (Å²) in [5, 5.41) is 2.84. The van der Waals surface area contributed by atoms with E-state index in [1.807, 2.05) is 6.92 Å². The number of aromatic nitrogens is 1. The van der Waals surface area contributed by atoms with Gasteiger partial charge in [0.1, 0.15) is 0 Å². The van der Waals surface area contributed by atoms with Crippen LogP contribution in [0.3, 0.4) is 0 Å². The van der Waals surface area contributed by atoms with E-state index in [0.717, 1.165) is 32.1 Å². The van der Waals surface area contributed by atoms with Crippen molar-refractivity contribution in [1.29, 1.82) is 0 Å². The standard InChI is InChI=1S/C15H25N3O2/c1-2-11-18-12-13(8-9-15(18)20)17-14(19)7-5-3-4-6-10-16/h8-9,12H,2-7,10-11,16H2,1H3,(H,17,19). The number of hydrogen-bond acceptors (Lipinski definition) is 3. The number of nitrogens with one attached hydrogen (secondary N) is 1. The highest BCUT2D eigenvalue weighted by Crippen LogP contribution is 2.07. The quantitative estimate of drug-likeness (QED) is 0.680. The number of aryl methyl sites for hydroxylation is 1. The number of pyridine rings is 1. The lowest BCUT2D eigenvalue weighted by Gasteiger charge is -2.08. The van der Waals surface area contributed by atoms with Gasteiger partial charge in [0, 0.05) is 25.2 Å². The van der Waals surface area contributed by atoms with E-state index in [1.54, 1.807) is 16.8 Å². The first-order valence-corrected chi connectivity index (χ1v) is 7.37. The minimum atomic E-state index is -0.0355. The number of carbonyl (C=O) groups excluding carboxylic acids is 1. The second-order valence-corrected chi connectivity index (χ2v) is 4.95. The van der Waals surface area contributed by atoms with Crippen LogP contribution in [-0.2, 0) is 11.3 Å². The Morgan fingerprint density at radius 2 is 2.00 bits per heavy atom. The van der Waals surface area contributed by atoms with Gasteiger partial charge in [0.2, 0.25) is 5.91 Å². The zero-order valence-electron chi connectivity index (χ0n) is 12.2. The van der Waals surface area contributed by atoms with Gasteiger partial charge in [0.25, 0.3) is 5.56 Å². The molecule has 0 aliphatic rings. The molecule has 0 saturated carbocycles. The fourth-order valence-electron chi connectivity index (χ4n) is 2.03. The van der Waals surface area contributed by atoms with Gasteiger partial charge < -0.3 is 15.6 Å². The Kier molecular flexibility index (Phi) is 7.65. The molecule has 0 atom stereocenters. The Bertz CT molecular complexity index is 468. The number of nitrogens with two attached hydrogens (primary N) is 1. The van der Waals surface area contributed by atoms with E-state index >= 15 is 0 Å². The largest absolute Gasteiger partial charge is 0.330 e. The summed E-state index contributed by atoms with van der Waals surface area (Å²) < 4.78 is 1.62. The molecule has 0 aliphatic heterocycles. The van der Waals surface area contributed by atoms with Gasteiger partial charge in [-0.1, -0.05) is 19.8 Å². The van der Waals surface area contributed by atoms with E-state index in [9.17, 15) is 9.59 Å². The molecule has 3 N–H and O–H groups in total. The Labute approximate surface area is 120 Å². The minimum Gasteiger partial charge on any atom is -0.330 e. The summed E-state index contributed by atoms with van der Waals surface area (Å²) in [4.78, 5) is 23.3. The van der Waals surface area contributed by atoms with Crippen LogP contribution < -0.4 is 16.6 Å². The minimum absolute atomic E-state index is 0.000513. The molecule has 1 amide bonds. The number of anilines is 1. The van der Waals surface area contributed by atoms with E-state index in [4.69, 9.17) is 5.73 Å². The van der Waals surface area contributed by atoms with Crippen LogP contribution >= 0.6 is 0 Å². The van der Waals surface area contributed by atoms with Gasteiger partial charge in [0.05, 0.1) is 5.69 Å². The third-order valence-electron chi connectivity index (χ3n) is 3.09. The SMILES string of the molecule is CCCn1cc(NC(=O)CCCCCCN)ccc1=O. The summed E-state index contributed by atoms with van der Waals surface area (Å²) in [5.74, 6) is -0.000513. The van der Waals surface area contributed by atoms with Crippen molar-refractivity contribution < 1.29 is 4.79 Å². The maximum atomic E-state index is 11.8. The van der Waals surface area contributed by atoms with Crippen LogP contribution in [0.4, 0.5) is 5.69 Å². The maximum Gasteiger partial charge on any atom is 0.250 e. The molecule has 5 nitrogen and oxygen atoms in total. The van der Waals surface area contributed by atoms with Crippen molar-refractivity contribution in [2.45, 2.75) is 52.0 Å². The molecule has 0 saturated heterocycles. The Hall–Kier alpha value is -1.62. The fourth-order valence-corrected chi connectivity index (χ4v) is 2.03. The second-order valence-electron chi connectivity index (χ2n) is 4.95. The number of unbranched alkanes of at least 4 members (excludes halogenated alkanes) is 3. The number of amides is 1. The topological polar surface area (TPSA) is 77.1 Å². The lowest BCUT2D eigenvalue weighted by molar-refractivity contribution is -0.116. The highest BCUT2D eigenvalue weighted by Gasteiger charge is 2.04. The van der Waals surface area contributed by atoms with Crippen molar-refractivity contribution in [2.75, 3.05) is 11.9 Å². The maximum absolute atomic E-state index is 11.8. The number of nitrogens with zero attached hydrogens (tertiary/aromatic N) is 1. The van der Waals surface area contributed by atoms with Crippen molar-refractivity contribution in [3.8, 4) is 0 Å². The third kappa shape index (κ3) is 6.02. The summed E-state index contributed by atoms with van der Waals surface area (Å²) in [7, 11) is 0. The average molecular weight is 279 g/mol. The highest BCUT2D eigenvalue weighted by atomic mass is 16.1. The third-order valence-corrected chi connectivity index (χ3v) is 3.09. The van der Waals surface area contributed by atoms with Gasteiger partial charge in [-0.2, -0.15) is 0 Å². The number of rotatable bonds is 9. The first-order valence-electron chi connectivity index (χ1n) is 7.37. The van der Waals surface area contributed by atoms with Gasteiger partial charge in [-0.25, -0.2) is 0 Å². The summed E-state index contributed by atoms with van der Waals surface area (Å²) in [6, 6.07) is 3.15. The number of hydrogen-bond donors (Lipinski definition) is 2. The Morgan fingerprint density at radius 1 is 1.25 bits per heavy atom. The van der Waals surface area contributed by atoms with Crippen LogP contribution in [0.2, 0.25) is 0 Å². The van der Waals surface area contributed by atoms with Crippen LogP contribution in [0.5, 0.6) is 0 Å². The van der Waals surface area contributed by atoms with E-state index in [1.165, 1.54) is 6.07 Å². The summed E-state index contributed by atoms with van der Waals surface area (Å²) >= 11 is 0. The van der Waals surface area contributed by atoms with Gasteiger partial charge in [-0.05, 0) is 31.9 Å². The molecular formula is C15H25N3O2. The van der Waals surface area contributed by atoms with Gasteiger partial charge in [0.15, 0.2) is 0 Å². The zero-order valence-corrected chi connectivity index (χ0v) is 12.2. The van der Waals surface area contributed by atoms with Crippen molar-refractivity contribution in [2.24, 2.45) is 5.73 Å². The molecule has 0 radical (unpaired) electrons. The molecule has 0 aliphatic carbocycles. The van der Waals surface area contributed by atoms with Crippen LogP contribution in [0.1, 0.15) is 45.4 Å². The van der Waals surface area contributed by atoms with Gasteiger partial charge in [-0.15, -0.1) is 0 Å². The van der Waals surface area contributed by atoms with E-state index in [0.29, 0.717) is 25.2 Å². The van der Waals surface area contributed by atoms with E-state index in [2.05, 4.69) is 5.32 Å². The molecule has 112 valence electrons. The smallest absolute Gasteiger partial charge is 0.250 e. The fraction of sp³-hybridized carbons (Fsp3) is 0.600. The second kappa shape index (κ2) is 9.31. The van der Waals surface area contributed by atoms with Crippen molar-refractivity contribution in [3.63, 3.8) is 0 Å². The molecule has 0 fully saturated rings. The summed E-state index contributed by atoms with van der Waals surface area (Å²) in [6.07, 6.45) is 7.10. The molecule has 0 unspecified atom stereocenters. The van der Waals surface area contributed by atoms with Crippen LogP contribution in [0.15, 0.2) is 23.1 Å². The average Bonchev–Trinajstić information content (AvgIpc) is 2.42. The first-order chi connectivity index (χ1) is 9.67. The van der Waals surface area contributed by atoms with Crippen LogP contribution in [0.25, 0.3) is 0 Å². The molecule has 0 spiro atoms. The van der Waals surface area contributed by atoms with Gasteiger partial charge >= 0.3 is 0 Å². The molecule has 1 heterocycles.